The monoisotopic (exact) mass is 427 g/mol. The van der Waals surface area contributed by atoms with Crippen LogP contribution in [0.3, 0.4) is 0 Å². The molecule has 3 heterocycles. The molecule has 0 atom stereocenters. The lowest BCUT2D eigenvalue weighted by Crippen LogP contribution is -2.17. The number of hydrogen-bond donors (Lipinski definition) is 1. The third kappa shape index (κ3) is 3.75. The third-order valence-electron chi connectivity index (χ3n) is 5.66. The van der Waals surface area contributed by atoms with Gasteiger partial charge in [0.15, 0.2) is 5.82 Å². The Morgan fingerprint density at radius 2 is 1.84 bits per heavy atom. The second-order valence-electron chi connectivity index (χ2n) is 8.00. The van der Waals surface area contributed by atoms with Crippen LogP contribution in [0.1, 0.15) is 34.0 Å². The minimum atomic E-state index is -0.296. The molecule has 5 rings (SSSR count). The van der Waals surface area contributed by atoms with Crippen LogP contribution in [-0.2, 0) is 12.8 Å². The van der Waals surface area contributed by atoms with Crippen molar-refractivity contribution < 1.29 is 8.81 Å². The second-order valence-corrected chi connectivity index (χ2v) is 8.00. The number of H-pyrrole nitrogens is 1. The number of nitrogens with zero attached hydrogens (tertiary/aromatic N) is 2. The molecule has 160 valence electrons. The zero-order chi connectivity index (χ0) is 22.2. The number of hydrogen-bond acceptors (Lipinski definition) is 3. The second kappa shape index (κ2) is 7.96. The van der Waals surface area contributed by atoms with Crippen molar-refractivity contribution in [3.63, 3.8) is 0 Å². The fourth-order valence-electron chi connectivity index (χ4n) is 3.93. The number of nitrogens with one attached hydrogen (secondary N) is 1. The van der Waals surface area contributed by atoms with Crippen molar-refractivity contribution in [2.75, 3.05) is 0 Å². The Morgan fingerprint density at radius 3 is 2.56 bits per heavy atom. The highest BCUT2D eigenvalue weighted by atomic mass is 19.1. The highest BCUT2D eigenvalue weighted by molar-refractivity contribution is 5.60. The van der Waals surface area contributed by atoms with Crippen LogP contribution in [0.4, 0.5) is 4.39 Å². The van der Waals surface area contributed by atoms with Crippen LogP contribution in [0.15, 0.2) is 76.1 Å². The van der Waals surface area contributed by atoms with Gasteiger partial charge in [0.25, 0.3) is 5.56 Å². The quantitative estimate of drug-likeness (QED) is 0.420. The van der Waals surface area contributed by atoms with Crippen LogP contribution >= 0.6 is 0 Å². The molecular formula is C26H22FN3O2. The molecule has 0 saturated carbocycles. The lowest BCUT2D eigenvalue weighted by atomic mass is 10.1. The number of rotatable bonds is 5. The van der Waals surface area contributed by atoms with Crippen LogP contribution in [0.5, 0.6) is 0 Å². The van der Waals surface area contributed by atoms with Gasteiger partial charge in [0.05, 0.1) is 17.8 Å². The van der Waals surface area contributed by atoms with E-state index in [1.165, 1.54) is 12.1 Å². The summed E-state index contributed by atoms with van der Waals surface area (Å²) in [6.45, 7) is 3.88. The van der Waals surface area contributed by atoms with Gasteiger partial charge in [0, 0.05) is 12.6 Å². The lowest BCUT2D eigenvalue weighted by molar-refractivity contribution is 0.489. The molecule has 0 amide bonds. The first kappa shape index (κ1) is 20.0. The molecule has 2 aromatic carbocycles. The minimum absolute atomic E-state index is 0.182. The maximum absolute atomic E-state index is 13.8. The zero-order valence-corrected chi connectivity index (χ0v) is 17.9. The van der Waals surface area contributed by atoms with E-state index in [2.05, 4.69) is 9.97 Å². The molecule has 1 N–H and O–H groups in total. The van der Waals surface area contributed by atoms with E-state index in [0.717, 1.165) is 33.8 Å². The molecule has 0 saturated heterocycles. The summed E-state index contributed by atoms with van der Waals surface area (Å²) in [5.41, 5.74) is 4.55. The molecule has 0 fully saturated rings. The number of furan rings is 1. The predicted molar refractivity (Wildman–Crippen MR) is 121 cm³/mol. The van der Waals surface area contributed by atoms with Gasteiger partial charge in [-0.2, -0.15) is 0 Å². The summed E-state index contributed by atoms with van der Waals surface area (Å²) in [5.74, 6) is 1.78. The normalized spacial score (nSPS) is 11.3. The van der Waals surface area contributed by atoms with E-state index in [-0.39, 0.29) is 11.4 Å². The van der Waals surface area contributed by atoms with E-state index in [4.69, 9.17) is 4.42 Å². The highest BCUT2D eigenvalue weighted by Gasteiger charge is 2.21. The molecule has 3 aromatic rings. The first-order valence-electron chi connectivity index (χ1n) is 10.5. The van der Waals surface area contributed by atoms with Crippen LogP contribution in [0, 0.1) is 19.7 Å². The van der Waals surface area contributed by atoms with Gasteiger partial charge in [-0.25, -0.2) is 9.37 Å². The van der Waals surface area contributed by atoms with E-state index in [1.54, 1.807) is 16.8 Å². The van der Waals surface area contributed by atoms with Gasteiger partial charge >= 0.3 is 0 Å². The maximum Gasteiger partial charge on any atom is 0.278 e. The molecule has 32 heavy (non-hydrogen) atoms. The molecular weight excluding hydrogens is 405 g/mol. The first-order valence-corrected chi connectivity index (χ1v) is 10.5. The lowest BCUT2D eigenvalue weighted by Gasteiger charge is -2.13. The Bertz CT molecular complexity index is 1410. The largest absolute Gasteiger partial charge is 0.466 e. The van der Waals surface area contributed by atoms with E-state index in [0.29, 0.717) is 30.1 Å². The SMILES string of the molecule is Cc1cc(Cc2nc3c(Cc4cccc(F)c4)[nH]c(-c4ccccc4)cn-3c2=O)oc1C. The molecule has 0 bridgehead atoms. The fourth-order valence-corrected chi connectivity index (χ4v) is 3.93. The molecule has 5 nitrogen and oxygen atoms in total. The van der Waals surface area contributed by atoms with Crippen molar-refractivity contribution >= 4 is 0 Å². The zero-order valence-electron chi connectivity index (χ0n) is 17.9. The summed E-state index contributed by atoms with van der Waals surface area (Å²) in [4.78, 5) is 21.3. The molecule has 0 aliphatic carbocycles. The topological polar surface area (TPSA) is 63.8 Å². The molecule has 6 heteroatoms. The molecule has 0 spiro atoms. The number of imidazole rings is 1. The van der Waals surface area contributed by atoms with Gasteiger partial charge < -0.3 is 9.40 Å². The van der Waals surface area contributed by atoms with Crippen molar-refractivity contribution in [2.45, 2.75) is 26.7 Å². The van der Waals surface area contributed by atoms with Gasteiger partial charge in [0.1, 0.15) is 23.0 Å². The Balaban J connectivity index is 1.64. The Kier molecular flexibility index (Phi) is 4.98. The number of benzene rings is 2. The van der Waals surface area contributed by atoms with E-state index in [1.807, 2.05) is 56.3 Å². The number of halogens is 1. The van der Waals surface area contributed by atoms with Gasteiger partial charge in [-0.05, 0) is 48.7 Å². The molecule has 1 aromatic heterocycles. The Hall–Kier alpha value is -3.93. The van der Waals surface area contributed by atoms with Gasteiger partial charge in [0.2, 0.25) is 0 Å². The first-order chi connectivity index (χ1) is 15.5. The molecule has 2 aliphatic rings. The van der Waals surface area contributed by atoms with Gasteiger partial charge in [-0.15, -0.1) is 0 Å². The maximum atomic E-state index is 13.8. The standard InChI is InChI=1S/C26H22FN3O2/c1-16-11-21(32-17(16)2)14-23-26(31)30-15-24(19-8-4-3-5-9-19)28-22(25(30)29-23)13-18-7-6-10-20(27)12-18/h3-12,15,28H,13-14H2,1-2H3. The van der Waals surface area contributed by atoms with Crippen LogP contribution in [0.2, 0.25) is 0 Å². The summed E-state index contributed by atoms with van der Waals surface area (Å²) >= 11 is 0. The molecule has 2 aliphatic heterocycles. The van der Waals surface area contributed by atoms with Gasteiger partial charge in [-0.1, -0.05) is 42.5 Å². The van der Waals surface area contributed by atoms with Crippen LogP contribution in [0.25, 0.3) is 17.1 Å². The Morgan fingerprint density at radius 1 is 1.03 bits per heavy atom. The van der Waals surface area contributed by atoms with Crippen molar-refractivity contribution in [2.24, 2.45) is 0 Å². The number of aromatic nitrogens is 3. The van der Waals surface area contributed by atoms with Crippen molar-refractivity contribution in [3.05, 3.63) is 117 Å². The molecule has 0 unspecified atom stereocenters. The highest BCUT2D eigenvalue weighted by Crippen LogP contribution is 2.24. The van der Waals surface area contributed by atoms with Crippen LogP contribution in [-0.4, -0.2) is 14.5 Å². The van der Waals surface area contributed by atoms with Crippen molar-refractivity contribution in [3.8, 4) is 17.1 Å². The summed E-state index contributed by atoms with van der Waals surface area (Å²) in [5, 5.41) is 0. The average Bonchev–Trinajstić information content (AvgIpc) is 3.27. The minimum Gasteiger partial charge on any atom is -0.466 e. The predicted octanol–water partition coefficient (Wildman–Crippen LogP) is 5.20. The summed E-state index contributed by atoms with van der Waals surface area (Å²) in [6, 6.07) is 18.2. The fraction of sp³-hybridized carbons (Fsp3) is 0.154. The average molecular weight is 427 g/mol. The van der Waals surface area contributed by atoms with Crippen molar-refractivity contribution in [1.82, 2.24) is 14.5 Å². The van der Waals surface area contributed by atoms with E-state index < -0.39 is 0 Å². The molecule has 0 radical (unpaired) electrons. The van der Waals surface area contributed by atoms with E-state index in [9.17, 15) is 9.18 Å². The number of aryl methyl sites for hydroxylation is 2. The number of fused-ring (bicyclic) bond motifs is 1. The summed E-state index contributed by atoms with van der Waals surface area (Å²) in [6.07, 6.45) is 2.50. The van der Waals surface area contributed by atoms with Crippen molar-refractivity contribution in [1.29, 1.82) is 0 Å². The summed E-state index contributed by atoms with van der Waals surface area (Å²) < 4.78 is 21.1. The summed E-state index contributed by atoms with van der Waals surface area (Å²) in [7, 11) is 0. The third-order valence-corrected chi connectivity index (χ3v) is 5.66. The Labute approximate surface area is 184 Å². The van der Waals surface area contributed by atoms with Gasteiger partial charge in [-0.3, -0.25) is 9.36 Å². The number of aromatic amines is 1. The smallest absolute Gasteiger partial charge is 0.278 e. The van der Waals surface area contributed by atoms with Crippen LogP contribution < -0.4 is 5.56 Å². The van der Waals surface area contributed by atoms with E-state index >= 15 is 0 Å².